The molecule has 0 aromatic heterocycles. The molecule has 17 heavy (non-hydrogen) atoms. The Morgan fingerprint density at radius 2 is 1.00 bits per heavy atom. The Morgan fingerprint density at radius 3 is 1.29 bits per heavy atom. The summed E-state index contributed by atoms with van der Waals surface area (Å²) >= 11 is 0. The Labute approximate surface area is 130 Å². The first-order valence-corrected chi connectivity index (χ1v) is 8.59. The van der Waals surface area contributed by atoms with E-state index in [2.05, 4.69) is 9.76 Å². The fourth-order valence-corrected chi connectivity index (χ4v) is 4.44. The van der Waals surface area contributed by atoms with Crippen LogP contribution in [-0.4, -0.2) is 22.4 Å². The molecule has 0 aliphatic heterocycles. The van der Waals surface area contributed by atoms with Gasteiger partial charge in [-0.25, -0.2) is 0 Å². The Bertz CT molecular complexity index is 393. The average Bonchev–Trinajstić information content (AvgIpc) is 2.31. The second-order valence-corrected chi connectivity index (χ2v) is 8.69. The molecule has 2 aromatic carbocycles. The van der Waals surface area contributed by atoms with Gasteiger partial charge in [0.2, 0.25) is 0 Å². The summed E-state index contributed by atoms with van der Waals surface area (Å²) in [6, 6.07) is 19.7. The molecule has 0 atom stereocenters. The first kappa shape index (κ1) is 17.0. The van der Waals surface area contributed by atoms with Crippen molar-refractivity contribution in [2.24, 2.45) is 0 Å². The van der Waals surface area contributed by atoms with Crippen LogP contribution in [0, 0.1) is 0 Å². The van der Waals surface area contributed by atoms with E-state index in [-0.39, 0.29) is 37.7 Å². The molecule has 0 fully saturated rings. The van der Waals surface area contributed by atoms with E-state index >= 15 is 0 Å². The number of hydrogen-bond acceptors (Lipinski definition) is 1. The summed E-state index contributed by atoms with van der Waals surface area (Å²) in [5, 5.41) is 2.03. The van der Waals surface area contributed by atoms with Crippen molar-refractivity contribution in [3.8, 4) is 0 Å². The van der Waals surface area contributed by atoms with E-state index in [1.54, 1.807) is 0 Å². The van der Waals surface area contributed by atoms with Crippen LogP contribution in [-0.2, 0) is 0 Å². The molecular formula is C12H12Li2OSi2+. The molecule has 0 saturated carbocycles. The Hall–Kier alpha value is 0.0286. The van der Waals surface area contributed by atoms with Crippen molar-refractivity contribution < 1.29 is 42.5 Å². The molecular weight excluding hydrogens is 230 g/mol. The maximum Gasteiger partial charge on any atom is 1.00 e. The van der Waals surface area contributed by atoms with Gasteiger partial charge in [-0.2, -0.15) is 0 Å². The number of hydrogen-bond donors (Lipinski definition) is 1. The predicted molar refractivity (Wildman–Crippen MR) is 67.3 cm³/mol. The van der Waals surface area contributed by atoms with E-state index in [9.17, 15) is 4.80 Å². The fraction of sp³-hybridized carbons (Fsp3) is 0. The van der Waals surface area contributed by atoms with E-state index in [0.717, 1.165) is 10.4 Å². The maximum absolute atomic E-state index is 10.6. The Kier molecular flexibility index (Phi) is 7.47. The van der Waals surface area contributed by atoms with Gasteiger partial charge in [0, 0.05) is 0 Å². The topological polar surface area (TPSA) is 20.2 Å². The smallest absolute Gasteiger partial charge is 0.459 e. The molecule has 75 valence electrons. The van der Waals surface area contributed by atoms with Gasteiger partial charge < -0.3 is 14.6 Å². The fourth-order valence-electron chi connectivity index (χ4n) is 1.55. The quantitative estimate of drug-likeness (QED) is 0.520. The van der Waals surface area contributed by atoms with Crippen LogP contribution in [0.25, 0.3) is 0 Å². The summed E-state index contributed by atoms with van der Waals surface area (Å²) in [5.74, 6) is 0. The number of rotatable bonds is 2. The molecule has 0 saturated heterocycles. The standard InChI is InChI=1S/C12H12OSi2.2Li/c13-15(14,11-7-3-1-4-8-11)12-9-5-2-6-10-12;;/h1-10,13-14H;;/q-1;2*+1. The summed E-state index contributed by atoms with van der Waals surface area (Å²) in [6.45, 7) is 0. The second kappa shape index (κ2) is 7.46. The monoisotopic (exact) mass is 242 g/mol. The first-order valence-electron chi connectivity index (χ1n) is 4.83. The van der Waals surface area contributed by atoms with Gasteiger partial charge in [-0.3, -0.25) is 0 Å². The van der Waals surface area contributed by atoms with Crippen LogP contribution in [0.3, 0.4) is 0 Å². The van der Waals surface area contributed by atoms with Crippen molar-refractivity contribution in [3.05, 3.63) is 60.7 Å². The zero-order chi connectivity index (χ0) is 10.7. The van der Waals surface area contributed by atoms with Gasteiger partial charge in [0.1, 0.15) is 0 Å². The molecule has 1 N–H and O–H groups in total. The number of benzene rings is 2. The van der Waals surface area contributed by atoms with Gasteiger partial charge in [-0.05, 0) is 0 Å². The summed E-state index contributed by atoms with van der Waals surface area (Å²) in [5.41, 5.74) is 0. The molecule has 5 heteroatoms. The molecule has 1 nitrogen and oxygen atoms in total. The average molecular weight is 242 g/mol. The largest absolute Gasteiger partial charge is 1.00 e. The van der Waals surface area contributed by atoms with Crippen LogP contribution in [0.4, 0.5) is 0 Å². The Morgan fingerprint density at radius 1 is 0.706 bits per heavy atom. The van der Waals surface area contributed by atoms with Crippen LogP contribution >= 0.6 is 0 Å². The zero-order valence-corrected chi connectivity index (χ0v) is 12.5. The molecule has 0 aliphatic carbocycles. The molecule has 2 aromatic rings. The minimum Gasteiger partial charge on any atom is -0.459 e. The molecule has 0 unspecified atom stereocenters. The van der Waals surface area contributed by atoms with Gasteiger partial charge in [-0.1, -0.05) is 71.0 Å². The van der Waals surface area contributed by atoms with Crippen molar-refractivity contribution in [2.45, 2.75) is 0 Å². The van der Waals surface area contributed by atoms with Gasteiger partial charge in [0.25, 0.3) is 0 Å². The molecule has 2 rings (SSSR count). The van der Waals surface area contributed by atoms with Crippen LogP contribution < -0.4 is 48.1 Å². The third kappa shape index (κ3) is 4.02. The van der Waals surface area contributed by atoms with Crippen LogP contribution in [0.15, 0.2) is 60.7 Å². The maximum atomic E-state index is 10.6. The van der Waals surface area contributed by atoms with Crippen molar-refractivity contribution in [2.75, 3.05) is 0 Å². The van der Waals surface area contributed by atoms with Gasteiger partial charge in [-0.15, -0.1) is 0 Å². The summed E-state index contributed by atoms with van der Waals surface area (Å²) in [4.78, 5) is 10.6. The zero-order valence-electron chi connectivity index (χ0n) is 10.3. The first-order chi connectivity index (χ1) is 7.21. The third-order valence-electron chi connectivity index (χ3n) is 2.43. The van der Waals surface area contributed by atoms with E-state index in [0.29, 0.717) is 0 Å². The summed E-state index contributed by atoms with van der Waals surface area (Å²) < 4.78 is 0. The van der Waals surface area contributed by atoms with Crippen molar-refractivity contribution in [1.29, 1.82) is 0 Å². The molecule has 0 spiro atoms. The van der Waals surface area contributed by atoms with E-state index in [1.807, 2.05) is 60.7 Å². The van der Waals surface area contributed by atoms with Gasteiger partial charge in [0.05, 0.1) is 7.83 Å². The normalized spacial score (nSPS) is 10.0. The molecule has 0 heterocycles. The molecule has 0 bridgehead atoms. The van der Waals surface area contributed by atoms with Crippen LogP contribution in [0.5, 0.6) is 0 Å². The molecule has 0 amide bonds. The second-order valence-electron chi connectivity index (χ2n) is 3.50. The van der Waals surface area contributed by atoms with E-state index < -0.39 is 7.83 Å². The van der Waals surface area contributed by atoms with E-state index in [4.69, 9.17) is 0 Å². The Balaban J connectivity index is 0.00000128. The van der Waals surface area contributed by atoms with Crippen molar-refractivity contribution in [3.63, 3.8) is 0 Å². The minimum absolute atomic E-state index is 0. The van der Waals surface area contributed by atoms with Gasteiger partial charge >= 0.3 is 37.7 Å². The summed E-state index contributed by atoms with van der Waals surface area (Å²) in [7, 11) is 0.100. The van der Waals surface area contributed by atoms with Crippen LogP contribution in [0.2, 0.25) is 0 Å². The molecule has 0 aliphatic rings. The minimum atomic E-state index is -2.54. The summed E-state index contributed by atoms with van der Waals surface area (Å²) in [6.07, 6.45) is 0. The van der Waals surface area contributed by atoms with Crippen molar-refractivity contribution >= 4 is 28.0 Å². The third-order valence-corrected chi connectivity index (χ3v) is 6.85. The predicted octanol–water partition coefficient (Wildman–Crippen LogP) is -5.86. The van der Waals surface area contributed by atoms with Crippen molar-refractivity contribution in [1.82, 2.24) is 0 Å². The van der Waals surface area contributed by atoms with Crippen LogP contribution in [0.1, 0.15) is 0 Å². The SMILES string of the molecule is O[Si]([SiH-])(c1ccccc1)c1ccccc1.[Li+].[Li+]. The molecule has 1 radical (unpaired) electrons. The van der Waals surface area contributed by atoms with E-state index in [1.165, 1.54) is 0 Å². The van der Waals surface area contributed by atoms with Gasteiger partial charge in [0.15, 0.2) is 0 Å².